The van der Waals surface area contributed by atoms with Crippen LogP contribution in [0.25, 0.3) is 11.0 Å². The fourth-order valence-electron chi connectivity index (χ4n) is 3.30. The fraction of sp³-hybridized carbons (Fsp3) is 0. The highest BCUT2D eigenvalue weighted by Crippen LogP contribution is 2.32. The Hall–Kier alpha value is -3.05. The number of halogens is 7. The predicted octanol–water partition coefficient (Wildman–Crippen LogP) is 9.70. The van der Waals surface area contributed by atoms with Crippen LogP contribution in [0.4, 0.5) is 37.5 Å². The van der Waals surface area contributed by atoms with E-state index < -0.39 is 5.82 Å². The van der Waals surface area contributed by atoms with Gasteiger partial charge in [0.25, 0.3) is 0 Å². The Bertz CT molecular complexity index is 1630. The summed E-state index contributed by atoms with van der Waals surface area (Å²) in [7, 11) is 0. The number of aromatic amines is 1. The third kappa shape index (κ3) is 8.00. The van der Waals surface area contributed by atoms with Crippen molar-refractivity contribution in [2.45, 2.75) is 0 Å². The van der Waals surface area contributed by atoms with Crippen LogP contribution < -0.4 is 21.7 Å². The summed E-state index contributed by atoms with van der Waals surface area (Å²) in [5.41, 5.74) is 8.76. The van der Waals surface area contributed by atoms with Crippen LogP contribution in [0.2, 0.25) is 20.1 Å². The first-order valence-electron chi connectivity index (χ1n) is 11.0. The highest BCUT2D eigenvalue weighted by Gasteiger charge is 2.10. The molecule has 0 fully saturated rings. The normalized spacial score (nSPS) is 10.2. The van der Waals surface area contributed by atoms with Crippen molar-refractivity contribution in [2.75, 3.05) is 21.7 Å². The number of H-pyrrole nitrogens is 1. The van der Waals surface area contributed by atoms with Gasteiger partial charge >= 0.3 is 0 Å². The van der Waals surface area contributed by atoms with Gasteiger partial charge in [-0.15, -0.1) is 12.4 Å². The summed E-state index contributed by atoms with van der Waals surface area (Å²) in [6.45, 7) is 0. The number of nitrogens with two attached hydrogens (primary N) is 1. The van der Waals surface area contributed by atoms with Crippen molar-refractivity contribution < 1.29 is 8.78 Å². The van der Waals surface area contributed by atoms with Gasteiger partial charge in [-0.05, 0) is 72.9 Å². The molecule has 40 heavy (non-hydrogen) atoms. The molecule has 5 aromatic rings. The number of hydrogen-bond donors (Lipinski definition) is 5. The zero-order chi connectivity index (χ0) is 28.1. The highest BCUT2D eigenvalue weighted by molar-refractivity contribution is 7.80. The lowest BCUT2D eigenvalue weighted by Gasteiger charge is -2.14. The molecule has 0 amide bonds. The predicted molar refractivity (Wildman–Crippen MR) is 170 cm³/mol. The quantitative estimate of drug-likeness (QED) is 0.0973. The molecule has 0 aliphatic carbocycles. The number of nitrogens with one attached hydrogen (secondary N) is 4. The molecule has 0 atom stereocenters. The molecule has 14 heteroatoms. The second kappa shape index (κ2) is 14.0. The Morgan fingerprint density at radius 3 is 1.95 bits per heavy atom. The molecule has 0 aliphatic rings. The number of imidazole rings is 1. The summed E-state index contributed by atoms with van der Waals surface area (Å²) in [6, 6.07) is 18.6. The fourth-order valence-corrected chi connectivity index (χ4v) is 4.49. The summed E-state index contributed by atoms with van der Waals surface area (Å²) in [4.78, 5) is 7.24. The van der Waals surface area contributed by atoms with Crippen LogP contribution in [0, 0.1) is 11.6 Å². The van der Waals surface area contributed by atoms with Crippen LogP contribution in [-0.4, -0.2) is 15.1 Å². The molecule has 6 nitrogen and oxygen atoms in total. The molecule has 0 radical (unpaired) electrons. The standard InChI is InChI=1S/C13H10Cl2FN3S.C13H8Cl2FN3.ClH/c14-8-2-1-3-9(15)12(8)19-13(20)18-11-6-7(16)4-5-10(11)17;14-8-2-1-3-9(15)12(8)19-13-17-10-5-4-7(16)6-11(10)18-13;/h1-6H,17H2,(H2,18,19,20);1-6H,(H2,17,18,19);1H. The SMILES string of the molecule is Cl.Fc1ccc2nc(Nc3c(Cl)cccc3Cl)[nH]c2c1.Nc1ccc(F)cc1NC(=S)Nc1c(Cl)cccc1Cl. The van der Waals surface area contributed by atoms with Crippen molar-refractivity contribution in [3.8, 4) is 0 Å². The number of hydrogen-bond acceptors (Lipinski definition) is 4. The Labute approximate surface area is 259 Å². The maximum absolute atomic E-state index is 13.2. The van der Waals surface area contributed by atoms with Gasteiger partial charge in [0, 0.05) is 0 Å². The van der Waals surface area contributed by atoms with Crippen molar-refractivity contribution in [1.82, 2.24) is 9.97 Å². The molecule has 208 valence electrons. The van der Waals surface area contributed by atoms with Crippen LogP contribution in [0.5, 0.6) is 0 Å². The van der Waals surface area contributed by atoms with Crippen LogP contribution in [-0.2, 0) is 0 Å². The third-order valence-electron chi connectivity index (χ3n) is 5.11. The van der Waals surface area contributed by atoms with Gasteiger partial charge < -0.3 is 26.7 Å². The van der Waals surface area contributed by atoms with Crippen LogP contribution >= 0.6 is 71.0 Å². The highest BCUT2D eigenvalue weighted by atomic mass is 35.5. The zero-order valence-electron chi connectivity index (χ0n) is 20.0. The number of anilines is 5. The summed E-state index contributed by atoms with van der Waals surface area (Å²) in [5.74, 6) is -0.283. The number of nitrogens with zero attached hydrogens (tertiary/aromatic N) is 1. The van der Waals surface area contributed by atoms with E-state index in [1.54, 1.807) is 42.5 Å². The number of thiocarbonyl (C=S) groups is 1. The molecule has 1 heterocycles. The van der Waals surface area contributed by atoms with E-state index in [2.05, 4.69) is 25.9 Å². The van der Waals surface area contributed by atoms with E-state index in [-0.39, 0.29) is 23.3 Å². The van der Waals surface area contributed by atoms with E-state index in [1.807, 2.05) is 0 Å². The third-order valence-corrected chi connectivity index (χ3v) is 6.58. The molecule has 0 spiro atoms. The summed E-state index contributed by atoms with van der Waals surface area (Å²) in [5, 5.41) is 10.7. The largest absolute Gasteiger partial charge is 0.397 e. The number of fused-ring (bicyclic) bond motifs is 1. The molecular weight excluding hydrogens is 644 g/mol. The lowest BCUT2D eigenvalue weighted by atomic mass is 10.2. The van der Waals surface area contributed by atoms with E-state index in [9.17, 15) is 8.78 Å². The zero-order valence-corrected chi connectivity index (χ0v) is 24.7. The lowest BCUT2D eigenvalue weighted by Crippen LogP contribution is -2.20. The van der Waals surface area contributed by atoms with Gasteiger partial charge in [0.1, 0.15) is 11.6 Å². The maximum atomic E-state index is 13.2. The van der Waals surface area contributed by atoms with Crippen molar-refractivity contribution in [1.29, 1.82) is 0 Å². The monoisotopic (exact) mass is 660 g/mol. The van der Waals surface area contributed by atoms with Gasteiger partial charge in [-0.3, -0.25) is 0 Å². The van der Waals surface area contributed by atoms with Crippen LogP contribution in [0.3, 0.4) is 0 Å². The number of nitrogen functional groups attached to an aromatic ring is 1. The summed E-state index contributed by atoms with van der Waals surface area (Å²) in [6.07, 6.45) is 0. The number of benzene rings is 4. The molecule has 0 bridgehead atoms. The van der Waals surface area contributed by atoms with Gasteiger partial charge in [0.05, 0.1) is 53.9 Å². The van der Waals surface area contributed by atoms with Gasteiger partial charge in [0.2, 0.25) is 5.95 Å². The molecule has 0 aliphatic heterocycles. The van der Waals surface area contributed by atoms with E-state index in [0.29, 0.717) is 59.8 Å². The average Bonchev–Trinajstić information content (AvgIpc) is 3.28. The number of rotatable bonds is 4. The Kier molecular flexibility index (Phi) is 11.0. The van der Waals surface area contributed by atoms with E-state index in [4.69, 9.17) is 64.4 Å². The smallest absolute Gasteiger partial charge is 0.205 e. The van der Waals surface area contributed by atoms with Crippen molar-refractivity contribution in [3.05, 3.63) is 105 Å². The molecule has 0 unspecified atom stereocenters. The molecular formula is C26H19Cl5F2N6S. The number of aromatic nitrogens is 2. The average molecular weight is 663 g/mol. The molecule has 6 N–H and O–H groups in total. The Morgan fingerprint density at radius 2 is 1.32 bits per heavy atom. The van der Waals surface area contributed by atoms with Gasteiger partial charge in [-0.25, -0.2) is 13.8 Å². The second-order valence-electron chi connectivity index (χ2n) is 7.88. The molecule has 0 saturated heterocycles. The summed E-state index contributed by atoms with van der Waals surface area (Å²) >= 11 is 29.3. The van der Waals surface area contributed by atoms with E-state index >= 15 is 0 Å². The minimum Gasteiger partial charge on any atom is -0.397 e. The molecule has 1 aromatic heterocycles. The van der Waals surface area contributed by atoms with Crippen molar-refractivity contribution >= 4 is 116 Å². The first kappa shape index (κ1) is 31.5. The topological polar surface area (TPSA) is 90.8 Å². The minimum absolute atomic E-state index is 0. The van der Waals surface area contributed by atoms with Crippen molar-refractivity contribution in [3.63, 3.8) is 0 Å². The Balaban J connectivity index is 0.000000215. The molecule has 0 saturated carbocycles. The summed E-state index contributed by atoms with van der Waals surface area (Å²) < 4.78 is 26.2. The van der Waals surface area contributed by atoms with Crippen LogP contribution in [0.1, 0.15) is 0 Å². The molecule has 5 rings (SSSR count). The first-order chi connectivity index (χ1) is 18.6. The van der Waals surface area contributed by atoms with Crippen molar-refractivity contribution in [2.24, 2.45) is 0 Å². The lowest BCUT2D eigenvalue weighted by molar-refractivity contribution is 0.628. The van der Waals surface area contributed by atoms with Crippen LogP contribution in [0.15, 0.2) is 72.8 Å². The minimum atomic E-state index is -0.416. The van der Waals surface area contributed by atoms with E-state index in [1.165, 1.54) is 30.3 Å². The van der Waals surface area contributed by atoms with E-state index in [0.717, 1.165) is 0 Å². The maximum Gasteiger partial charge on any atom is 0.205 e. The molecule has 4 aromatic carbocycles. The second-order valence-corrected chi connectivity index (χ2v) is 9.91. The Morgan fingerprint density at radius 1 is 0.775 bits per heavy atom. The first-order valence-corrected chi connectivity index (χ1v) is 13.0. The van der Waals surface area contributed by atoms with Gasteiger partial charge in [-0.1, -0.05) is 58.5 Å². The van der Waals surface area contributed by atoms with Gasteiger partial charge in [-0.2, -0.15) is 0 Å². The van der Waals surface area contributed by atoms with Gasteiger partial charge in [0.15, 0.2) is 5.11 Å². The number of para-hydroxylation sites is 2.